The molecule has 0 radical (unpaired) electrons. The Bertz CT molecular complexity index is 177. The van der Waals surface area contributed by atoms with Crippen molar-refractivity contribution in [3.05, 3.63) is 0 Å². The quantitative estimate of drug-likeness (QED) is 0.603. The smallest absolute Gasteiger partial charge is 0.335 e. The minimum absolute atomic E-state index is 0.163. The first kappa shape index (κ1) is 11.5. The summed E-state index contributed by atoms with van der Waals surface area (Å²) in [6.45, 7) is 3.00. The van der Waals surface area contributed by atoms with E-state index in [0.717, 1.165) is 12.3 Å². The lowest BCUT2D eigenvalue weighted by molar-refractivity contribution is -0.154. The minimum atomic E-state index is -0.946. The van der Waals surface area contributed by atoms with E-state index < -0.39 is 12.1 Å². The topological polar surface area (TPSA) is 55.8 Å². The van der Waals surface area contributed by atoms with E-state index in [2.05, 4.69) is 0 Å². The predicted molar refractivity (Wildman–Crippen MR) is 51.2 cm³/mol. The van der Waals surface area contributed by atoms with Crippen LogP contribution >= 0.6 is 0 Å². The Morgan fingerprint density at radius 1 is 1.57 bits per heavy atom. The zero-order chi connectivity index (χ0) is 10.4. The summed E-state index contributed by atoms with van der Waals surface area (Å²) in [6, 6.07) is 0. The van der Waals surface area contributed by atoms with Crippen LogP contribution in [0.4, 0.5) is 0 Å². The highest BCUT2D eigenvalue weighted by atomic mass is 16.5. The molecule has 0 aliphatic heterocycles. The molecule has 1 aliphatic carbocycles. The van der Waals surface area contributed by atoms with Gasteiger partial charge in [0.1, 0.15) is 0 Å². The molecule has 4 heteroatoms. The van der Waals surface area contributed by atoms with Crippen LogP contribution in [0, 0.1) is 5.92 Å². The van der Waals surface area contributed by atoms with Crippen molar-refractivity contribution in [2.45, 2.75) is 32.3 Å². The van der Waals surface area contributed by atoms with Gasteiger partial charge in [0, 0.05) is 13.2 Å². The Morgan fingerprint density at radius 2 is 2.29 bits per heavy atom. The van der Waals surface area contributed by atoms with Crippen LogP contribution in [0.15, 0.2) is 0 Å². The van der Waals surface area contributed by atoms with Crippen LogP contribution < -0.4 is 0 Å². The van der Waals surface area contributed by atoms with Crippen molar-refractivity contribution in [2.75, 3.05) is 19.8 Å². The fourth-order valence-corrected chi connectivity index (χ4v) is 1.24. The summed E-state index contributed by atoms with van der Waals surface area (Å²) in [5.41, 5.74) is 0. The Balaban J connectivity index is 2.02. The largest absolute Gasteiger partial charge is 0.479 e. The summed E-state index contributed by atoms with van der Waals surface area (Å²) >= 11 is 0. The number of rotatable bonds is 8. The second-order valence-electron chi connectivity index (χ2n) is 3.59. The van der Waals surface area contributed by atoms with Gasteiger partial charge in [-0.05, 0) is 19.3 Å². The predicted octanol–water partition coefficient (Wildman–Crippen LogP) is 1.29. The Kier molecular flexibility index (Phi) is 4.90. The van der Waals surface area contributed by atoms with Gasteiger partial charge in [-0.3, -0.25) is 0 Å². The summed E-state index contributed by atoms with van der Waals surface area (Å²) in [4.78, 5) is 10.6. The Morgan fingerprint density at radius 3 is 2.79 bits per heavy atom. The second-order valence-corrected chi connectivity index (χ2v) is 3.59. The molecule has 0 aromatic rings. The molecule has 1 rings (SSSR count). The first-order chi connectivity index (χ1) is 6.74. The molecule has 0 saturated heterocycles. The lowest BCUT2D eigenvalue weighted by Gasteiger charge is -2.12. The van der Waals surface area contributed by atoms with E-state index in [1.54, 1.807) is 6.92 Å². The molecular formula is C10H18O4. The van der Waals surface area contributed by atoms with Gasteiger partial charge in [-0.25, -0.2) is 4.79 Å². The molecule has 0 heterocycles. The highest BCUT2D eigenvalue weighted by Gasteiger charge is 2.21. The fourth-order valence-electron chi connectivity index (χ4n) is 1.24. The zero-order valence-electron chi connectivity index (χ0n) is 8.57. The lowest BCUT2D eigenvalue weighted by Crippen LogP contribution is -2.29. The summed E-state index contributed by atoms with van der Waals surface area (Å²) in [5, 5.41) is 8.72. The number of hydrogen-bond acceptors (Lipinski definition) is 3. The number of carboxylic acids is 1. The average molecular weight is 202 g/mol. The van der Waals surface area contributed by atoms with E-state index in [0.29, 0.717) is 13.2 Å². The maximum Gasteiger partial charge on any atom is 0.335 e. The maximum absolute atomic E-state index is 10.6. The first-order valence-electron chi connectivity index (χ1n) is 5.16. The zero-order valence-corrected chi connectivity index (χ0v) is 8.57. The van der Waals surface area contributed by atoms with Crippen molar-refractivity contribution in [3.8, 4) is 0 Å². The van der Waals surface area contributed by atoms with Crippen molar-refractivity contribution < 1.29 is 19.4 Å². The molecule has 0 amide bonds. The van der Waals surface area contributed by atoms with Crippen molar-refractivity contribution in [1.82, 2.24) is 0 Å². The van der Waals surface area contributed by atoms with E-state index in [9.17, 15) is 4.79 Å². The third kappa shape index (κ3) is 4.58. The van der Waals surface area contributed by atoms with Crippen LogP contribution in [0.5, 0.6) is 0 Å². The summed E-state index contributed by atoms with van der Waals surface area (Å²) in [5.74, 6) is -0.122. The molecule has 0 bridgehead atoms. The normalized spacial score (nSPS) is 18.1. The average Bonchev–Trinajstić information content (AvgIpc) is 2.93. The van der Waals surface area contributed by atoms with Crippen LogP contribution in [0.25, 0.3) is 0 Å². The fraction of sp³-hybridized carbons (Fsp3) is 0.900. The van der Waals surface area contributed by atoms with Gasteiger partial charge in [-0.1, -0.05) is 12.8 Å². The van der Waals surface area contributed by atoms with Gasteiger partial charge >= 0.3 is 5.97 Å². The number of carboxylic acid groups (broad SMARTS) is 1. The standard InChI is InChI=1S/C10H18O4/c1-2-14-9(10(11)12)7-13-6-5-8-3-4-8/h8-9H,2-7H2,1H3,(H,11,12). The van der Waals surface area contributed by atoms with Gasteiger partial charge in [-0.15, -0.1) is 0 Å². The molecule has 14 heavy (non-hydrogen) atoms. The Labute approximate surface area is 84.2 Å². The number of aliphatic carboxylic acids is 1. The van der Waals surface area contributed by atoms with Gasteiger partial charge < -0.3 is 14.6 Å². The van der Waals surface area contributed by atoms with E-state index in [-0.39, 0.29) is 6.61 Å². The molecule has 4 nitrogen and oxygen atoms in total. The van der Waals surface area contributed by atoms with Gasteiger partial charge in [-0.2, -0.15) is 0 Å². The van der Waals surface area contributed by atoms with Gasteiger partial charge in [0.05, 0.1) is 6.61 Å². The van der Waals surface area contributed by atoms with Gasteiger partial charge in [0.2, 0.25) is 0 Å². The maximum atomic E-state index is 10.6. The monoisotopic (exact) mass is 202 g/mol. The number of carbonyl (C=O) groups is 1. The molecule has 82 valence electrons. The SMILES string of the molecule is CCOC(COCCC1CC1)C(=O)O. The van der Waals surface area contributed by atoms with Crippen molar-refractivity contribution in [2.24, 2.45) is 5.92 Å². The van der Waals surface area contributed by atoms with Crippen molar-refractivity contribution >= 4 is 5.97 Å². The van der Waals surface area contributed by atoms with Gasteiger partial charge in [0.25, 0.3) is 0 Å². The molecule has 0 spiro atoms. The van der Waals surface area contributed by atoms with Crippen molar-refractivity contribution in [1.29, 1.82) is 0 Å². The molecule has 0 aromatic carbocycles. The number of hydrogen-bond donors (Lipinski definition) is 1. The third-order valence-corrected chi connectivity index (χ3v) is 2.28. The third-order valence-electron chi connectivity index (χ3n) is 2.28. The molecule has 1 unspecified atom stereocenters. The number of ether oxygens (including phenoxy) is 2. The molecule has 1 fully saturated rings. The molecule has 1 aliphatic rings. The minimum Gasteiger partial charge on any atom is -0.479 e. The summed E-state index contributed by atoms with van der Waals surface area (Å²) in [7, 11) is 0. The highest BCUT2D eigenvalue weighted by Crippen LogP contribution is 2.32. The van der Waals surface area contributed by atoms with Gasteiger partial charge in [0.15, 0.2) is 6.10 Å². The molecule has 1 atom stereocenters. The molecule has 1 saturated carbocycles. The Hall–Kier alpha value is -0.610. The second kappa shape index (κ2) is 5.98. The van der Waals surface area contributed by atoms with Crippen LogP contribution in [-0.4, -0.2) is 37.0 Å². The van der Waals surface area contributed by atoms with Crippen molar-refractivity contribution in [3.63, 3.8) is 0 Å². The summed E-state index contributed by atoms with van der Waals surface area (Å²) < 4.78 is 10.3. The van der Waals surface area contributed by atoms with E-state index >= 15 is 0 Å². The lowest BCUT2D eigenvalue weighted by atomic mass is 10.3. The van der Waals surface area contributed by atoms with Crippen LogP contribution in [-0.2, 0) is 14.3 Å². The molecule has 1 N–H and O–H groups in total. The highest BCUT2D eigenvalue weighted by molar-refractivity contribution is 5.72. The van der Waals surface area contributed by atoms with Crippen LogP contribution in [0.1, 0.15) is 26.2 Å². The first-order valence-corrected chi connectivity index (χ1v) is 5.16. The van der Waals surface area contributed by atoms with Crippen LogP contribution in [0.2, 0.25) is 0 Å². The molecule has 0 aromatic heterocycles. The van der Waals surface area contributed by atoms with E-state index in [1.165, 1.54) is 12.8 Å². The van der Waals surface area contributed by atoms with E-state index in [1.807, 2.05) is 0 Å². The van der Waals surface area contributed by atoms with Crippen LogP contribution in [0.3, 0.4) is 0 Å². The summed E-state index contributed by atoms with van der Waals surface area (Å²) in [6.07, 6.45) is 2.85. The van der Waals surface area contributed by atoms with E-state index in [4.69, 9.17) is 14.6 Å². The molecular weight excluding hydrogens is 184 g/mol.